The average molecular weight is 298 g/mol. The summed E-state index contributed by atoms with van der Waals surface area (Å²) >= 11 is 0. The second kappa shape index (κ2) is 5.43. The number of alkyl halides is 3. The highest BCUT2D eigenvalue weighted by Gasteiger charge is 2.36. The van der Waals surface area contributed by atoms with Crippen LogP contribution in [0.25, 0.3) is 0 Å². The fraction of sp³-hybridized carbons (Fsp3) is 0.273. The Morgan fingerprint density at radius 3 is 2.00 bits per heavy atom. The molecule has 0 heterocycles. The van der Waals surface area contributed by atoms with Gasteiger partial charge in [0.15, 0.2) is 17.6 Å². The molecule has 0 bridgehead atoms. The Morgan fingerprint density at radius 2 is 1.60 bits per heavy atom. The number of rotatable bonds is 4. The molecule has 2 N–H and O–H groups in total. The van der Waals surface area contributed by atoms with Gasteiger partial charge in [-0.3, -0.25) is 9.59 Å². The van der Waals surface area contributed by atoms with Gasteiger partial charge in [-0.05, 0) is 24.1 Å². The maximum atomic E-state index is 13.1. The van der Waals surface area contributed by atoms with Gasteiger partial charge in [-0.1, -0.05) is 0 Å². The number of halogens is 5. The molecule has 110 valence electrons. The van der Waals surface area contributed by atoms with E-state index in [-0.39, 0.29) is 6.07 Å². The number of benzene rings is 1. The van der Waals surface area contributed by atoms with Crippen LogP contribution in [0.3, 0.4) is 0 Å². The fourth-order valence-corrected chi connectivity index (χ4v) is 1.49. The van der Waals surface area contributed by atoms with Crippen molar-refractivity contribution < 1.29 is 41.8 Å². The van der Waals surface area contributed by atoms with Crippen LogP contribution in [0.4, 0.5) is 22.0 Å². The highest BCUT2D eigenvalue weighted by atomic mass is 19.4. The lowest BCUT2D eigenvalue weighted by Crippen LogP contribution is -2.26. The largest absolute Gasteiger partial charge is 0.481 e. The predicted molar refractivity (Wildman–Crippen MR) is 53.8 cm³/mol. The number of aliphatic carboxylic acids is 2. The summed E-state index contributed by atoms with van der Waals surface area (Å²) in [6.45, 7) is 0. The van der Waals surface area contributed by atoms with Crippen molar-refractivity contribution in [2.24, 2.45) is 5.92 Å². The highest BCUT2D eigenvalue weighted by Crippen LogP contribution is 2.33. The van der Waals surface area contributed by atoms with Crippen molar-refractivity contribution in [2.75, 3.05) is 0 Å². The molecule has 20 heavy (non-hydrogen) atoms. The lowest BCUT2D eigenvalue weighted by Gasteiger charge is -2.12. The van der Waals surface area contributed by atoms with Gasteiger partial charge in [0.2, 0.25) is 0 Å². The van der Waals surface area contributed by atoms with E-state index < -0.39 is 53.2 Å². The van der Waals surface area contributed by atoms with Gasteiger partial charge in [0.25, 0.3) is 0 Å². The van der Waals surface area contributed by atoms with E-state index in [2.05, 4.69) is 0 Å². The summed E-state index contributed by atoms with van der Waals surface area (Å²) in [6, 6.07) is 0.529. The summed E-state index contributed by atoms with van der Waals surface area (Å²) in [5.41, 5.74) is -2.49. The zero-order valence-corrected chi connectivity index (χ0v) is 9.54. The summed E-state index contributed by atoms with van der Waals surface area (Å²) in [7, 11) is 0. The van der Waals surface area contributed by atoms with E-state index in [1.165, 1.54) is 0 Å². The number of carboxylic acid groups (broad SMARTS) is 2. The molecule has 0 atom stereocenters. The van der Waals surface area contributed by atoms with E-state index in [9.17, 15) is 31.5 Å². The molecular formula is C11H7F5O4. The molecule has 0 aliphatic carbocycles. The molecule has 0 radical (unpaired) electrons. The molecule has 0 aliphatic heterocycles. The third kappa shape index (κ3) is 3.43. The summed E-state index contributed by atoms with van der Waals surface area (Å²) in [5.74, 6) is -9.60. The summed E-state index contributed by atoms with van der Waals surface area (Å²) < 4.78 is 63.3. The van der Waals surface area contributed by atoms with Gasteiger partial charge in [-0.25, -0.2) is 8.78 Å². The van der Waals surface area contributed by atoms with Gasteiger partial charge >= 0.3 is 18.1 Å². The lowest BCUT2D eigenvalue weighted by atomic mass is 9.97. The third-order valence-corrected chi connectivity index (χ3v) is 2.43. The molecule has 0 unspecified atom stereocenters. The molecular weight excluding hydrogens is 291 g/mol. The van der Waals surface area contributed by atoms with Gasteiger partial charge in [-0.15, -0.1) is 0 Å². The van der Waals surface area contributed by atoms with Crippen molar-refractivity contribution in [1.29, 1.82) is 0 Å². The molecule has 0 aromatic heterocycles. The number of hydrogen-bond donors (Lipinski definition) is 2. The van der Waals surface area contributed by atoms with Crippen molar-refractivity contribution in [3.05, 3.63) is 34.9 Å². The predicted octanol–water partition coefficient (Wildman–Crippen LogP) is 2.31. The van der Waals surface area contributed by atoms with Crippen molar-refractivity contribution in [3.8, 4) is 0 Å². The molecule has 1 aromatic rings. The number of hydrogen-bond acceptors (Lipinski definition) is 2. The maximum Gasteiger partial charge on any atom is 0.419 e. The Morgan fingerprint density at radius 1 is 1.10 bits per heavy atom. The summed E-state index contributed by atoms with van der Waals surface area (Å²) in [4.78, 5) is 21.2. The third-order valence-electron chi connectivity index (χ3n) is 2.43. The molecule has 1 rings (SSSR count). The van der Waals surface area contributed by atoms with Crippen LogP contribution < -0.4 is 0 Å². The quantitative estimate of drug-likeness (QED) is 0.661. The van der Waals surface area contributed by atoms with Gasteiger partial charge in [0.05, 0.1) is 5.56 Å². The molecule has 0 fully saturated rings. The minimum absolute atomic E-state index is 0.192. The smallest absolute Gasteiger partial charge is 0.419 e. The maximum absolute atomic E-state index is 13.1. The van der Waals surface area contributed by atoms with Crippen molar-refractivity contribution in [1.82, 2.24) is 0 Å². The van der Waals surface area contributed by atoms with E-state index in [0.717, 1.165) is 0 Å². The lowest BCUT2D eigenvalue weighted by molar-refractivity contribution is -0.154. The normalized spacial score (nSPS) is 11.7. The second-order valence-electron chi connectivity index (χ2n) is 3.87. The van der Waals surface area contributed by atoms with Crippen LogP contribution in [0.1, 0.15) is 11.1 Å². The number of carbonyl (C=O) groups is 2. The van der Waals surface area contributed by atoms with E-state index in [1.807, 2.05) is 0 Å². The molecule has 0 spiro atoms. The van der Waals surface area contributed by atoms with Crippen LogP contribution in [-0.2, 0) is 22.2 Å². The summed E-state index contributed by atoms with van der Waals surface area (Å²) in [6.07, 6.45) is -6.08. The molecule has 0 saturated heterocycles. The first-order chi connectivity index (χ1) is 9.04. The Hall–Kier alpha value is -2.19. The zero-order valence-electron chi connectivity index (χ0n) is 9.54. The van der Waals surface area contributed by atoms with E-state index >= 15 is 0 Å². The molecule has 0 amide bonds. The molecule has 1 aromatic carbocycles. The fourth-order valence-electron chi connectivity index (χ4n) is 1.49. The van der Waals surface area contributed by atoms with Crippen molar-refractivity contribution in [3.63, 3.8) is 0 Å². The Balaban J connectivity index is 3.24. The average Bonchev–Trinajstić information content (AvgIpc) is 2.27. The SMILES string of the molecule is O=C(O)C(Cc1cc(F)c(F)c(C(F)(F)F)c1)C(=O)O. The summed E-state index contributed by atoms with van der Waals surface area (Å²) in [5, 5.41) is 17.2. The van der Waals surface area contributed by atoms with Crippen molar-refractivity contribution >= 4 is 11.9 Å². The van der Waals surface area contributed by atoms with Crippen LogP contribution in [0, 0.1) is 17.6 Å². The monoisotopic (exact) mass is 298 g/mol. The highest BCUT2D eigenvalue weighted by molar-refractivity contribution is 5.93. The Bertz CT molecular complexity index is 538. The first kappa shape index (κ1) is 15.9. The topological polar surface area (TPSA) is 74.6 Å². The first-order valence-corrected chi connectivity index (χ1v) is 5.04. The zero-order chi connectivity index (χ0) is 15.7. The van der Waals surface area contributed by atoms with Gasteiger partial charge in [-0.2, -0.15) is 13.2 Å². The Kier molecular flexibility index (Phi) is 4.31. The Labute approximate surface area is 108 Å². The van der Waals surface area contributed by atoms with Crippen LogP contribution >= 0.6 is 0 Å². The van der Waals surface area contributed by atoms with Gasteiger partial charge < -0.3 is 10.2 Å². The first-order valence-electron chi connectivity index (χ1n) is 5.04. The minimum Gasteiger partial charge on any atom is -0.481 e. The van der Waals surface area contributed by atoms with Crippen LogP contribution in [0.2, 0.25) is 0 Å². The van der Waals surface area contributed by atoms with Gasteiger partial charge in [0.1, 0.15) is 0 Å². The van der Waals surface area contributed by atoms with Crippen LogP contribution in [0.15, 0.2) is 12.1 Å². The van der Waals surface area contributed by atoms with E-state index in [0.29, 0.717) is 6.07 Å². The molecule has 0 aliphatic rings. The van der Waals surface area contributed by atoms with E-state index in [4.69, 9.17) is 10.2 Å². The second-order valence-corrected chi connectivity index (χ2v) is 3.87. The number of carboxylic acids is 2. The van der Waals surface area contributed by atoms with Crippen LogP contribution in [0.5, 0.6) is 0 Å². The van der Waals surface area contributed by atoms with Gasteiger partial charge in [0, 0.05) is 0 Å². The minimum atomic E-state index is -5.18. The van der Waals surface area contributed by atoms with Crippen LogP contribution in [-0.4, -0.2) is 22.2 Å². The molecule has 4 nitrogen and oxygen atoms in total. The molecule has 0 saturated carbocycles. The van der Waals surface area contributed by atoms with Crippen molar-refractivity contribution in [2.45, 2.75) is 12.6 Å². The molecule has 9 heteroatoms. The van der Waals surface area contributed by atoms with E-state index in [1.54, 1.807) is 0 Å². The standard InChI is InChI=1S/C11H7F5O4/c12-7-3-4(1-5(9(17)18)10(19)20)2-6(8(7)13)11(14,15)16/h2-3,5H,1H2,(H,17,18)(H,19,20).